The third-order valence-electron chi connectivity index (χ3n) is 6.27. The molecule has 0 saturated carbocycles. The molecule has 0 bridgehead atoms. The van der Waals surface area contributed by atoms with Crippen molar-refractivity contribution in [1.82, 2.24) is 0 Å². The van der Waals surface area contributed by atoms with Crippen molar-refractivity contribution in [3.05, 3.63) is 107 Å². The SMILES string of the molecule is CCN1C(=CC=C2CC[n+]3c2sc(-c2ccccc2)c3-c2ccccc2)Sc2ccccc21. The average Bonchev–Trinajstić information content (AvgIpc) is 3.55. The van der Waals surface area contributed by atoms with Gasteiger partial charge in [-0.1, -0.05) is 83.8 Å². The first-order valence-corrected chi connectivity index (χ1v) is 13.1. The summed E-state index contributed by atoms with van der Waals surface area (Å²) in [5.74, 6) is 0. The van der Waals surface area contributed by atoms with Gasteiger partial charge in [0, 0.05) is 29.0 Å². The van der Waals surface area contributed by atoms with Crippen LogP contribution in [0.2, 0.25) is 0 Å². The molecule has 4 heteroatoms. The highest BCUT2D eigenvalue weighted by molar-refractivity contribution is 8.03. The van der Waals surface area contributed by atoms with Crippen molar-refractivity contribution in [1.29, 1.82) is 0 Å². The average molecular weight is 466 g/mol. The monoisotopic (exact) mass is 465 g/mol. The molecule has 2 nitrogen and oxygen atoms in total. The number of hydrogen-bond donors (Lipinski definition) is 0. The summed E-state index contributed by atoms with van der Waals surface area (Å²) in [4.78, 5) is 5.12. The predicted molar refractivity (Wildman–Crippen MR) is 141 cm³/mol. The highest BCUT2D eigenvalue weighted by atomic mass is 32.2. The van der Waals surface area contributed by atoms with Gasteiger partial charge in [-0.3, -0.25) is 0 Å². The van der Waals surface area contributed by atoms with E-state index in [0.717, 1.165) is 19.5 Å². The van der Waals surface area contributed by atoms with Gasteiger partial charge >= 0.3 is 0 Å². The Balaban J connectivity index is 1.43. The summed E-state index contributed by atoms with van der Waals surface area (Å²) in [5.41, 5.74) is 6.68. The quantitative estimate of drug-likeness (QED) is 0.286. The number of nitrogens with zero attached hydrogens (tertiary/aromatic N) is 2. The molecule has 0 amide bonds. The zero-order chi connectivity index (χ0) is 22.2. The van der Waals surface area contributed by atoms with E-state index in [1.807, 2.05) is 23.1 Å². The van der Waals surface area contributed by atoms with Crippen molar-refractivity contribution >= 4 is 34.4 Å². The summed E-state index contributed by atoms with van der Waals surface area (Å²) in [6.07, 6.45) is 5.76. The van der Waals surface area contributed by atoms with Gasteiger partial charge in [-0.15, -0.1) is 0 Å². The van der Waals surface area contributed by atoms with Crippen molar-refractivity contribution < 1.29 is 4.57 Å². The molecule has 0 radical (unpaired) electrons. The van der Waals surface area contributed by atoms with Gasteiger partial charge in [-0.05, 0) is 48.9 Å². The smallest absolute Gasteiger partial charge is 0.266 e. The lowest BCUT2D eigenvalue weighted by atomic mass is 10.1. The van der Waals surface area contributed by atoms with Crippen LogP contribution in [0.15, 0.2) is 107 Å². The molecule has 2 aliphatic heterocycles. The number of fused-ring (bicyclic) bond motifs is 2. The minimum Gasteiger partial charge on any atom is -0.335 e. The second-order valence-corrected chi connectivity index (χ2v) is 10.3. The Morgan fingerprint density at radius 3 is 2.30 bits per heavy atom. The Morgan fingerprint density at radius 2 is 1.55 bits per heavy atom. The number of thiazole rings is 1. The van der Waals surface area contributed by atoms with Crippen LogP contribution in [0.3, 0.4) is 0 Å². The molecule has 2 aliphatic rings. The van der Waals surface area contributed by atoms with Crippen LogP contribution >= 0.6 is 23.1 Å². The van der Waals surface area contributed by atoms with E-state index in [2.05, 4.69) is 113 Å². The van der Waals surface area contributed by atoms with Gasteiger partial charge in [0.05, 0.1) is 10.7 Å². The molecule has 0 N–H and O–H groups in total. The Labute approximate surface area is 203 Å². The lowest BCUT2D eigenvalue weighted by Gasteiger charge is -2.17. The molecule has 0 spiro atoms. The van der Waals surface area contributed by atoms with Gasteiger partial charge in [0.15, 0.2) is 6.54 Å². The van der Waals surface area contributed by atoms with E-state index in [4.69, 9.17) is 0 Å². The predicted octanol–water partition coefficient (Wildman–Crippen LogP) is 7.63. The number of hydrogen-bond acceptors (Lipinski definition) is 3. The Kier molecular flexibility index (Phi) is 5.41. The van der Waals surface area contributed by atoms with Crippen LogP contribution in [0.25, 0.3) is 27.3 Å². The normalized spacial score (nSPS) is 17.1. The van der Waals surface area contributed by atoms with Crippen molar-refractivity contribution in [3.8, 4) is 21.7 Å². The fourth-order valence-corrected chi connectivity index (χ4v) is 7.21. The molecule has 0 atom stereocenters. The number of thioether (sulfide) groups is 1. The highest BCUT2D eigenvalue weighted by Crippen LogP contribution is 2.46. The van der Waals surface area contributed by atoms with Crippen LogP contribution in [0.4, 0.5) is 5.69 Å². The highest BCUT2D eigenvalue weighted by Gasteiger charge is 2.35. The molecule has 162 valence electrons. The summed E-state index contributed by atoms with van der Waals surface area (Å²) >= 11 is 3.80. The van der Waals surface area contributed by atoms with Crippen molar-refractivity contribution in [3.63, 3.8) is 0 Å². The zero-order valence-corrected chi connectivity index (χ0v) is 20.2. The van der Waals surface area contributed by atoms with E-state index in [9.17, 15) is 0 Å². The second-order valence-electron chi connectivity index (χ2n) is 8.23. The minimum absolute atomic E-state index is 0.980. The summed E-state index contributed by atoms with van der Waals surface area (Å²) in [6.45, 7) is 4.24. The summed E-state index contributed by atoms with van der Waals surface area (Å²) in [7, 11) is 0. The molecule has 3 heterocycles. The molecular formula is C29H25N2S2+. The van der Waals surface area contributed by atoms with Crippen LogP contribution in [0.1, 0.15) is 18.4 Å². The fraction of sp³-hybridized carbons (Fsp3) is 0.138. The van der Waals surface area contributed by atoms with Crippen molar-refractivity contribution in [2.24, 2.45) is 0 Å². The van der Waals surface area contributed by atoms with Crippen LogP contribution < -0.4 is 9.47 Å². The van der Waals surface area contributed by atoms with Gasteiger partial charge in [-0.2, -0.15) is 4.57 Å². The molecule has 0 unspecified atom stereocenters. The van der Waals surface area contributed by atoms with Gasteiger partial charge < -0.3 is 4.90 Å². The molecule has 4 aromatic rings. The second kappa shape index (κ2) is 8.69. The number of para-hydroxylation sites is 1. The molecule has 33 heavy (non-hydrogen) atoms. The minimum atomic E-state index is 0.980. The van der Waals surface area contributed by atoms with Crippen molar-refractivity contribution in [2.45, 2.75) is 24.8 Å². The standard InChI is InChI=1S/C29H25N2S2/c1-2-30-24-15-9-10-16-25(24)32-26(30)18-17-23-19-20-31-27(21-11-5-3-6-12-21)28(33-29(23)31)22-13-7-4-8-14-22/h3-18H,2,19-20H2,1H3/q+1. The molecule has 1 aromatic heterocycles. The number of rotatable bonds is 4. The van der Waals surface area contributed by atoms with Crippen LogP contribution in [-0.2, 0) is 6.54 Å². The maximum atomic E-state index is 2.53. The topological polar surface area (TPSA) is 7.12 Å². The first-order valence-electron chi connectivity index (χ1n) is 11.5. The number of benzene rings is 3. The lowest BCUT2D eigenvalue weighted by Crippen LogP contribution is -2.32. The maximum Gasteiger partial charge on any atom is 0.266 e. The van der Waals surface area contributed by atoms with E-state index < -0.39 is 0 Å². The van der Waals surface area contributed by atoms with E-state index in [0.29, 0.717) is 0 Å². The van der Waals surface area contributed by atoms with Crippen molar-refractivity contribution in [2.75, 3.05) is 11.4 Å². The Bertz CT molecular complexity index is 1370. The number of allylic oxidation sites excluding steroid dienone is 3. The molecule has 0 aliphatic carbocycles. The van der Waals surface area contributed by atoms with Gasteiger partial charge in [0.1, 0.15) is 4.88 Å². The van der Waals surface area contributed by atoms with E-state index in [1.54, 1.807) is 0 Å². The van der Waals surface area contributed by atoms with E-state index in [1.165, 1.54) is 47.9 Å². The molecule has 6 rings (SSSR count). The summed E-state index contributed by atoms with van der Waals surface area (Å²) < 4.78 is 2.53. The van der Waals surface area contributed by atoms with Crippen LogP contribution in [0.5, 0.6) is 0 Å². The molecule has 0 fully saturated rings. The zero-order valence-electron chi connectivity index (χ0n) is 18.6. The van der Waals surface area contributed by atoms with E-state index >= 15 is 0 Å². The largest absolute Gasteiger partial charge is 0.335 e. The lowest BCUT2D eigenvalue weighted by molar-refractivity contribution is -0.673. The van der Waals surface area contributed by atoms with Gasteiger partial charge in [0.2, 0.25) is 5.69 Å². The third kappa shape index (κ3) is 3.64. The van der Waals surface area contributed by atoms with Gasteiger partial charge in [0.25, 0.3) is 5.01 Å². The first kappa shape index (κ1) is 20.5. The number of anilines is 1. The van der Waals surface area contributed by atoms with Gasteiger partial charge in [-0.25, -0.2) is 0 Å². The maximum absolute atomic E-state index is 2.53. The van der Waals surface area contributed by atoms with Crippen LogP contribution in [-0.4, -0.2) is 6.54 Å². The van der Waals surface area contributed by atoms with E-state index in [-0.39, 0.29) is 0 Å². The third-order valence-corrected chi connectivity index (χ3v) is 8.71. The summed E-state index contributed by atoms with van der Waals surface area (Å²) in [5, 5.41) is 2.70. The molecule has 0 saturated heterocycles. The fourth-order valence-electron chi connectivity index (χ4n) is 4.71. The molecular weight excluding hydrogens is 440 g/mol. The summed E-state index contributed by atoms with van der Waals surface area (Å²) in [6, 6.07) is 30.4. The molecule has 3 aromatic carbocycles. The van der Waals surface area contributed by atoms with Crippen LogP contribution in [0, 0.1) is 0 Å². The number of aromatic nitrogens is 1. The first-order chi connectivity index (χ1) is 16.3. The Hall–Kier alpha value is -3.08. The Morgan fingerprint density at radius 1 is 0.848 bits per heavy atom.